The molecule has 0 spiro atoms. The lowest BCUT2D eigenvalue weighted by Crippen LogP contribution is -2.24. The molecule has 2 aromatic rings. The zero-order valence-corrected chi connectivity index (χ0v) is 10.4. The molecule has 3 N–H and O–H groups in total. The van der Waals surface area contributed by atoms with Gasteiger partial charge in [-0.3, -0.25) is 4.79 Å². The monoisotopic (exact) mass is 258 g/mol. The van der Waals surface area contributed by atoms with Crippen LogP contribution in [0.1, 0.15) is 11.1 Å². The topological polar surface area (TPSA) is 55.1 Å². The third-order valence-corrected chi connectivity index (χ3v) is 2.81. The van der Waals surface area contributed by atoms with Crippen LogP contribution in [-0.2, 0) is 17.8 Å². The fourth-order valence-corrected chi connectivity index (χ4v) is 1.73. The Morgan fingerprint density at radius 3 is 2.47 bits per heavy atom. The van der Waals surface area contributed by atoms with E-state index in [1.165, 1.54) is 12.1 Å². The Morgan fingerprint density at radius 1 is 1.11 bits per heavy atom. The van der Waals surface area contributed by atoms with Crippen LogP contribution in [0, 0.1) is 5.82 Å². The van der Waals surface area contributed by atoms with Gasteiger partial charge >= 0.3 is 0 Å². The average molecular weight is 258 g/mol. The Kier molecular flexibility index (Phi) is 4.13. The van der Waals surface area contributed by atoms with Crippen molar-refractivity contribution >= 4 is 11.6 Å². The van der Waals surface area contributed by atoms with E-state index < -0.39 is 0 Å². The van der Waals surface area contributed by atoms with Crippen LogP contribution in [0.5, 0.6) is 0 Å². The molecule has 0 heterocycles. The molecular weight excluding hydrogens is 243 g/mol. The quantitative estimate of drug-likeness (QED) is 0.826. The number of benzene rings is 2. The Labute approximate surface area is 111 Å². The van der Waals surface area contributed by atoms with Gasteiger partial charge in [0, 0.05) is 12.2 Å². The maximum Gasteiger partial charge on any atom is 0.224 e. The summed E-state index contributed by atoms with van der Waals surface area (Å²) in [4.78, 5) is 11.8. The summed E-state index contributed by atoms with van der Waals surface area (Å²) in [6.07, 6.45) is 0.244. The summed E-state index contributed by atoms with van der Waals surface area (Å²) in [5.41, 5.74) is 8.04. The van der Waals surface area contributed by atoms with Crippen molar-refractivity contribution in [2.24, 2.45) is 0 Å². The largest absolute Gasteiger partial charge is 0.398 e. The van der Waals surface area contributed by atoms with E-state index in [1.807, 2.05) is 18.2 Å². The molecule has 0 aliphatic rings. The molecule has 4 heteroatoms. The summed E-state index contributed by atoms with van der Waals surface area (Å²) in [5, 5.41) is 2.78. The van der Waals surface area contributed by atoms with E-state index in [4.69, 9.17) is 5.73 Å². The first-order chi connectivity index (χ1) is 9.15. The van der Waals surface area contributed by atoms with Crippen molar-refractivity contribution in [1.29, 1.82) is 0 Å². The number of carbonyl (C=O) groups is 1. The molecule has 0 saturated carbocycles. The Balaban J connectivity index is 1.88. The first kappa shape index (κ1) is 13.1. The van der Waals surface area contributed by atoms with Crippen molar-refractivity contribution in [2.75, 3.05) is 5.73 Å². The molecule has 0 saturated heterocycles. The highest BCUT2D eigenvalue weighted by atomic mass is 19.1. The molecule has 0 atom stereocenters. The minimum atomic E-state index is -0.285. The number of rotatable bonds is 4. The second kappa shape index (κ2) is 6.00. The fraction of sp³-hybridized carbons (Fsp3) is 0.133. The molecule has 98 valence electrons. The van der Waals surface area contributed by atoms with Crippen molar-refractivity contribution in [1.82, 2.24) is 5.32 Å². The molecule has 0 aromatic heterocycles. The van der Waals surface area contributed by atoms with Crippen molar-refractivity contribution < 1.29 is 9.18 Å². The lowest BCUT2D eigenvalue weighted by molar-refractivity contribution is -0.120. The van der Waals surface area contributed by atoms with Crippen molar-refractivity contribution in [2.45, 2.75) is 13.0 Å². The van der Waals surface area contributed by atoms with Crippen LogP contribution in [0.15, 0.2) is 48.5 Å². The second-order valence-electron chi connectivity index (χ2n) is 4.28. The number of nitrogens with one attached hydrogen (secondary N) is 1. The molecule has 19 heavy (non-hydrogen) atoms. The normalized spacial score (nSPS) is 10.2. The summed E-state index contributed by atoms with van der Waals surface area (Å²) in [6, 6.07) is 13.3. The average Bonchev–Trinajstić information content (AvgIpc) is 2.41. The Hall–Kier alpha value is -2.36. The van der Waals surface area contributed by atoms with Crippen molar-refractivity contribution in [3.05, 3.63) is 65.5 Å². The van der Waals surface area contributed by atoms with Crippen LogP contribution in [-0.4, -0.2) is 5.91 Å². The molecule has 1 amide bonds. The summed E-state index contributed by atoms with van der Waals surface area (Å²) >= 11 is 0. The van der Waals surface area contributed by atoms with Crippen LogP contribution in [0.25, 0.3) is 0 Å². The number of nitrogen functional groups attached to an aromatic ring is 1. The lowest BCUT2D eigenvalue weighted by atomic mass is 10.1. The number of hydrogen-bond donors (Lipinski definition) is 2. The van der Waals surface area contributed by atoms with Gasteiger partial charge in [0.05, 0.1) is 6.42 Å². The predicted molar refractivity (Wildman–Crippen MR) is 72.8 cm³/mol. The summed E-state index contributed by atoms with van der Waals surface area (Å²) in [7, 11) is 0. The van der Waals surface area contributed by atoms with Crippen LogP contribution in [0.2, 0.25) is 0 Å². The standard InChI is InChI=1S/C15H15FN2O/c16-13-7-5-11(6-8-13)10-18-15(19)9-12-3-1-2-4-14(12)17/h1-8H,9-10,17H2,(H,18,19). The summed E-state index contributed by atoms with van der Waals surface area (Å²) < 4.78 is 12.7. The predicted octanol–water partition coefficient (Wildman–Crippen LogP) is 2.27. The maximum absolute atomic E-state index is 12.7. The first-order valence-electron chi connectivity index (χ1n) is 5.99. The van der Waals surface area contributed by atoms with Gasteiger partial charge in [0.1, 0.15) is 5.82 Å². The van der Waals surface area contributed by atoms with Crippen molar-refractivity contribution in [3.63, 3.8) is 0 Å². The van der Waals surface area contributed by atoms with Crippen LogP contribution in [0.4, 0.5) is 10.1 Å². The highest BCUT2D eigenvalue weighted by Crippen LogP contribution is 2.11. The minimum absolute atomic E-state index is 0.109. The Bertz CT molecular complexity index is 567. The molecule has 0 radical (unpaired) electrons. The number of anilines is 1. The number of hydrogen-bond acceptors (Lipinski definition) is 2. The highest BCUT2D eigenvalue weighted by Gasteiger charge is 2.05. The van der Waals surface area contributed by atoms with Gasteiger partial charge in [0.15, 0.2) is 0 Å². The number of carbonyl (C=O) groups excluding carboxylic acids is 1. The maximum atomic E-state index is 12.7. The molecule has 0 aliphatic carbocycles. The molecular formula is C15H15FN2O. The lowest BCUT2D eigenvalue weighted by Gasteiger charge is -2.07. The van der Waals surface area contributed by atoms with Gasteiger partial charge < -0.3 is 11.1 Å². The number of para-hydroxylation sites is 1. The smallest absolute Gasteiger partial charge is 0.224 e. The Morgan fingerprint density at radius 2 is 1.79 bits per heavy atom. The third kappa shape index (κ3) is 3.81. The van der Waals surface area contributed by atoms with E-state index in [0.717, 1.165) is 11.1 Å². The van der Waals surface area contributed by atoms with Gasteiger partial charge in [-0.25, -0.2) is 4.39 Å². The number of halogens is 1. The zero-order valence-electron chi connectivity index (χ0n) is 10.4. The third-order valence-electron chi connectivity index (χ3n) is 2.81. The summed E-state index contributed by atoms with van der Waals surface area (Å²) in [5.74, 6) is -0.394. The van der Waals surface area contributed by atoms with Gasteiger partial charge in [-0.2, -0.15) is 0 Å². The van der Waals surface area contributed by atoms with E-state index in [0.29, 0.717) is 12.2 Å². The van der Waals surface area contributed by atoms with E-state index in [1.54, 1.807) is 18.2 Å². The van der Waals surface area contributed by atoms with Crippen LogP contribution < -0.4 is 11.1 Å². The second-order valence-corrected chi connectivity index (χ2v) is 4.28. The van der Waals surface area contributed by atoms with Gasteiger partial charge in [0.25, 0.3) is 0 Å². The van der Waals surface area contributed by atoms with Gasteiger partial charge in [0.2, 0.25) is 5.91 Å². The van der Waals surface area contributed by atoms with Crippen LogP contribution in [0.3, 0.4) is 0 Å². The molecule has 0 unspecified atom stereocenters. The molecule has 2 rings (SSSR count). The van der Waals surface area contributed by atoms with E-state index in [2.05, 4.69) is 5.32 Å². The summed E-state index contributed by atoms with van der Waals surface area (Å²) in [6.45, 7) is 0.381. The molecule has 0 bridgehead atoms. The molecule has 3 nitrogen and oxygen atoms in total. The molecule has 2 aromatic carbocycles. The molecule has 0 fully saturated rings. The fourth-order valence-electron chi connectivity index (χ4n) is 1.73. The highest BCUT2D eigenvalue weighted by molar-refractivity contribution is 5.80. The molecule has 0 aliphatic heterocycles. The van der Waals surface area contributed by atoms with Gasteiger partial charge in [-0.15, -0.1) is 0 Å². The first-order valence-corrected chi connectivity index (χ1v) is 5.99. The number of nitrogens with two attached hydrogens (primary N) is 1. The van der Waals surface area contributed by atoms with E-state index >= 15 is 0 Å². The SMILES string of the molecule is Nc1ccccc1CC(=O)NCc1ccc(F)cc1. The van der Waals surface area contributed by atoms with Gasteiger partial charge in [-0.05, 0) is 29.3 Å². The van der Waals surface area contributed by atoms with Gasteiger partial charge in [-0.1, -0.05) is 30.3 Å². The number of amides is 1. The van der Waals surface area contributed by atoms with Crippen LogP contribution >= 0.6 is 0 Å². The zero-order chi connectivity index (χ0) is 13.7. The van der Waals surface area contributed by atoms with E-state index in [9.17, 15) is 9.18 Å². The van der Waals surface area contributed by atoms with E-state index in [-0.39, 0.29) is 18.1 Å². The van der Waals surface area contributed by atoms with Crippen molar-refractivity contribution in [3.8, 4) is 0 Å². The minimum Gasteiger partial charge on any atom is -0.398 e.